The van der Waals surface area contributed by atoms with Gasteiger partial charge in [-0.15, -0.1) is 0 Å². The minimum atomic E-state index is 0.397. The lowest BCUT2D eigenvalue weighted by Crippen LogP contribution is -2.15. The lowest BCUT2D eigenvalue weighted by molar-refractivity contribution is 0.358. The molecule has 0 spiro atoms. The van der Waals surface area contributed by atoms with Crippen LogP contribution >= 0.6 is 0 Å². The first-order valence-corrected chi connectivity index (χ1v) is 7.46. The van der Waals surface area contributed by atoms with E-state index in [0.29, 0.717) is 18.4 Å². The normalized spacial score (nSPS) is 17.9. The number of rotatable bonds is 5. The molecule has 1 aromatic heterocycles. The van der Waals surface area contributed by atoms with E-state index in [2.05, 4.69) is 46.6 Å². The Morgan fingerprint density at radius 1 is 1.30 bits per heavy atom. The summed E-state index contributed by atoms with van der Waals surface area (Å²) in [5, 5.41) is 7.45. The van der Waals surface area contributed by atoms with Crippen molar-refractivity contribution in [2.75, 3.05) is 6.54 Å². The molecule has 1 aliphatic rings. The zero-order valence-electron chi connectivity index (χ0n) is 11.9. The largest absolute Gasteiger partial charge is 0.338 e. The van der Waals surface area contributed by atoms with Gasteiger partial charge in [0.1, 0.15) is 0 Å². The quantitative estimate of drug-likeness (QED) is 0.850. The van der Waals surface area contributed by atoms with Gasteiger partial charge in [0.05, 0.1) is 6.54 Å². The van der Waals surface area contributed by atoms with Crippen molar-refractivity contribution in [1.29, 1.82) is 0 Å². The SMILES string of the molecule is CCCNCc1nc(C2CCc3ccccc3C2)no1. The van der Waals surface area contributed by atoms with Gasteiger partial charge in [-0.2, -0.15) is 4.98 Å². The van der Waals surface area contributed by atoms with Gasteiger partial charge in [-0.1, -0.05) is 36.3 Å². The van der Waals surface area contributed by atoms with Crippen LogP contribution in [0.1, 0.15) is 48.5 Å². The summed E-state index contributed by atoms with van der Waals surface area (Å²) >= 11 is 0. The Morgan fingerprint density at radius 2 is 2.15 bits per heavy atom. The van der Waals surface area contributed by atoms with Crippen LogP contribution < -0.4 is 5.32 Å². The van der Waals surface area contributed by atoms with Crippen LogP contribution in [-0.2, 0) is 19.4 Å². The highest BCUT2D eigenvalue weighted by Crippen LogP contribution is 2.30. The number of fused-ring (bicyclic) bond motifs is 1. The summed E-state index contributed by atoms with van der Waals surface area (Å²) < 4.78 is 5.33. The standard InChI is InChI=1S/C16H21N3O/c1-2-9-17-11-15-18-16(19-20-15)14-8-7-12-5-3-4-6-13(12)10-14/h3-6,14,17H,2,7-11H2,1H3. The maximum Gasteiger partial charge on any atom is 0.240 e. The third-order valence-electron chi connectivity index (χ3n) is 3.90. The Kier molecular flexibility index (Phi) is 4.11. The number of nitrogens with one attached hydrogen (secondary N) is 1. The first-order chi connectivity index (χ1) is 9.86. The lowest BCUT2D eigenvalue weighted by atomic mass is 9.83. The molecule has 0 aliphatic heterocycles. The molecule has 106 valence electrons. The molecule has 0 amide bonds. The number of hydrogen-bond donors (Lipinski definition) is 1. The molecule has 0 saturated carbocycles. The molecule has 0 bridgehead atoms. The van der Waals surface area contributed by atoms with Crippen LogP contribution in [0.4, 0.5) is 0 Å². The van der Waals surface area contributed by atoms with Crippen molar-refractivity contribution in [2.24, 2.45) is 0 Å². The van der Waals surface area contributed by atoms with Crippen LogP contribution in [0.5, 0.6) is 0 Å². The molecule has 1 N–H and O–H groups in total. The molecule has 3 rings (SSSR count). The maximum absolute atomic E-state index is 5.33. The van der Waals surface area contributed by atoms with E-state index in [4.69, 9.17) is 4.52 Å². The molecule has 0 saturated heterocycles. The van der Waals surface area contributed by atoms with Gasteiger partial charge < -0.3 is 9.84 Å². The van der Waals surface area contributed by atoms with Crippen molar-refractivity contribution < 1.29 is 4.52 Å². The van der Waals surface area contributed by atoms with Crippen molar-refractivity contribution in [1.82, 2.24) is 15.5 Å². The maximum atomic E-state index is 5.33. The zero-order chi connectivity index (χ0) is 13.8. The van der Waals surface area contributed by atoms with Gasteiger partial charge >= 0.3 is 0 Å². The number of hydrogen-bond acceptors (Lipinski definition) is 4. The summed E-state index contributed by atoms with van der Waals surface area (Å²) in [6.07, 6.45) is 4.36. The highest BCUT2D eigenvalue weighted by molar-refractivity contribution is 5.31. The molecule has 2 aromatic rings. The van der Waals surface area contributed by atoms with Crippen LogP contribution in [0.25, 0.3) is 0 Å². The third kappa shape index (κ3) is 2.90. The van der Waals surface area contributed by atoms with Gasteiger partial charge in [0.25, 0.3) is 0 Å². The number of aryl methyl sites for hydroxylation is 1. The summed E-state index contributed by atoms with van der Waals surface area (Å²) in [6, 6.07) is 8.66. The molecular formula is C16H21N3O. The average Bonchev–Trinajstić information content (AvgIpc) is 2.96. The molecule has 4 heteroatoms. The van der Waals surface area contributed by atoms with Crippen molar-refractivity contribution in [3.63, 3.8) is 0 Å². The van der Waals surface area contributed by atoms with Gasteiger partial charge in [0.2, 0.25) is 5.89 Å². The Hall–Kier alpha value is -1.68. The van der Waals surface area contributed by atoms with E-state index >= 15 is 0 Å². The third-order valence-corrected chi connectivity index (χ3v) is 3.90. The molecule has 1 unspecified atom stereocenters. The molecule has 1 atom stereocenters. The van der Waals surface area contributed by atoms with Crippen LogP contribution in [0.3, 0.4) is 0 Å². The zero-order valence-corrected chi connectivity index (χ0v) is 11.9. The molecule has 1 heterocycles. The molecule has 0 radical (unpaired) electrons. The highest BCUT2D eigenvalue weighted by Gasteiger charge is 2.23. The number of benzene rings is 1. The van der Waals surface area contributed by atoms with Crippen molar-refractivity contribution in [2.45, 2.75) is 45.1 Å². The molecule has 0 fully saturated rings. The van der Waals surface area contributed by atoms with Crippen molar-refractivity contribution >= 4 is 0 Å². The van der Waals surface area contributed by atoms with E-state index in [1.165, 1.54) is 11.1 Å². The molecule has 1 aliphatic carbocycles. The Bertz CT molecular complexity index is 564. The Labute approximate surface area is 119 Å². The first-order valence-electron chi connectivity index (χ1n) is 7.46. The monoisotopic (exact) mass is 271 g/mol. The smallest absolute Gasteiger partial charge is 0.240 e. The number of nitrogens with zero attached hydrogens (tertiary/aromatic N) is 2. The molecule has 1 aromatic carbocycles. The van der Waals surface area contributed by atoms with E-state index in [9.17, 15) is 0 Å². The molecule has 20 heavy (non-hydrogen) atoms. The van der Waals surface area contributed by atoms with Crippen molar-refractivity contribution in [3.05, 3.63) is 47.1 Å². The van der Waals surface area contributed by atoms with Crippen molar-refractivity contribution in [3.8, 4) is 0 Å². The van der Waals surface area contributed by atoms with Gasteiger partial charge in [-0.3, -0.25) is 0 Å². The fraction of sp³-hybridized carbons (Fsp3) is 0.500. The van der Waals surface area contributed by atoms with Gasteiger partial charge in [0, 0.05) is 5.92 Å². The predicted octanol–water partition coefficient (Wildman–Crippen LogP) is 2.84. The average molecular weight is 271 g/mol. The molecule has 4 nitrogen and oxygen atoms in total. The van der Waals surface area contributed by atoms with E-state index in [1.54, 1.807) is 0 Å². The van der Waals surface area contributed by atoms with E-state index in [0.717, 1.165) is 38.1 Å². The Balaban J connectivity index is 1.66. The summed E-state index contributed by atoms with van der Waals surface area (Å²) in [7, 11) is 0. The van der Waals surface area contributed by atoms with Gasteiger partial charge in [0.15, 0.2) is 5.82 Å². The first kappa shape index (κ1) is 13.3. The van der Waals surface area contributed by atoms with E-state index in [1.807, 2.05) is 0 Å². The van der Waals surface area contributed by atoms with Gasteiger partial charge in [-0.05, 0) is 43.4 Å². The summed E-state index contributed by atoms with van der Waals surface area (Å²) in [6.45, 7) is 3.80. The summed E-state index contributed by atoms with van der Waals surface area (Å²) in [5.74, 6) is 1.97. The molecular weight excluding hydrogens is 250 g/mol. The lowest BCUT2D eigenvalue weighted by Gasteiger charge is -2.21. The fourth-order valence-electron chi connectivity index (χ4n) is 2.80. The topological polar surface area (TPSA) is 51.0 Å². The van der Waals surface area contributed by atoms with E-state index in [-0.39, 0.29) is 0 Å². The van der Waals surface area contributed by atoms with E-state index < -0.39 is 0 Å². The Morgan fingerprint density at radius 3 is 3.00 bits per heavy atom. The highest BCUT2D eigenvalue weighted by atomic mass is 16.5. The van der Waals surface area contributed by atoms with Crippen LogP contribution in [0.15, 0.2) is 28.8 Å². The van der Waals surface area contributed by atoms with Crippen LogP contribution in [0, 0.1) is 0 Å². The second-order valence-electron chi connectivity index (χ2n) is 5.43. The summed E-state index contributed by atoms with van der Waals surface area (Å²) in [4.78, 5) is 4.54. The van der Waals surface area contributed by atoms with Crippen LogP contribution in [0.2, 0.25) is 0 Å². The predicted molar refractivity (Wildman–Crippen MR) is 77.5 cm³/mol. The minimum absolute atomic E-state index is 0.397. The van der Waals surface area contributed by atoms with Crippen LogP contribution in [-0.4, -0.2) is 16.7 Å². The minimum Gasteiger partial charge on any atom is -0.338 e. The fourth-order valence-corrected chi connectivity index (χ4v) is 2.80. The number of aromatic nitrogens is 2. The second-order valence-corrected chi connectivity index (χ2v) is 5.43. The summed E-state index contributed by atoms with van der Waals surface area (Å²) in [5.41, 5.74) is 2.90. The van der Waals surface area contributed by atoms with Gasteiger partial charge in [-0.25, -0.2) is 0 Å². The second kappa shape index (κ2) is 6.18.